The van der Waals surface area contributed by atoms with E-state index in [4.69, 9.17) is 20.1 Å². The van der Waals surface area contributed by atoms with Crippen LogP contribution >= 0.6 is 0 Å². The van der Waals surface area contributed by atoms with E-state index in [1.807, 2.05) is 6.92 Å². The fourth-order valence-corrected chi connectivity index (χ4v) is 1.49. The van der Waals surface area contributed by atoms with Gasteiger partial charge >= 0.3 is 0 Å². The normalized spacial score (nSPS) is 11.0. The second-order valence-corrected chi connectivity index (χ2v) is 3.33. The van der Waals surface area contributed by atoms with Gasteiger partial charge in [0.15, 0.2) is 11.3 Å². The molecule has 2 N–H and O–H groups in total. The molecule has 1 aromatic heterocycles. The minimum atomic E-state index is -0.222. The Bertz CT molecular complexity index is 486. The van der Waals surface area contributed by atoms with Crippen LogP contribution in [0.5, 0.6) is 11.5 Å². The summed E-state index contributed by atoms with van der Waals surface area (Å²) in [5, 5.41) is 19.7. The molecule has 0 aliphatic rings. The van der Waals surface area contributed by atoms with Crippen molar-refractivity contribution < 1.29 is 14.6 Å². The summed E-state index contributed by atoms with van der Waals surface area (Å²) < 4.78 is 5.32. The van der Waals surface area contributed by atoms with E-state index in [-0.39, 0.29) is 28.0 Å². The summed E-state index contributed by atoms with van der Waals surface area (Å²) in [4.78, 5) is 0. The molecule has 2 aromatic rings. The third kappa shape index (κ3) is 1.30. The molecule has 0 saturated carbocycles. The highest BCUT2D eigenvalue weighted by Gasteiger charge is 2.16. The molecule has 0 atom stereocenters. The Hall–Kier alpha value is -1.51. The Morgan fingerprint density at radius 2 is 1.80 bits per heavy atom. The molecule has 0 bridgehead atoms. The van der Waals surface area contributed by atoms with Gasteiger partial charge in [-0.05, 0) is 6.07 Å². The molecule has 2 rings (SSSR count). The smallest absolute Gasteiger partial charge is 0.178 e. The maximum absolute atomic E-state index is 9.70. The fourth-order valence-electron chi connectivity index (χ4n) is 1.49. The standard InChI is InChI=1S/C10H8B2O3/c1-2-4-3-5-8(13)6(11)7(12)9(14)10(5)15-4/h3,13-14H,2H2,1H3. The third-order valence-corrected chi connectivity index (χ3v) is 2.40. The minimum absolute atomic E-state index is 0.0246. The molecule has 0 fully saturated rings. The fraction of sp³-hybridized carbons (Fsp3) is 0.200. The number of benzene rings is 1. The van der Waals surface area contributed by atoms with Crippen molar-refractivity contribution in [3.05, 3.63) is 11.8 Å². The Kier molecular flexibility index (Phi) is 2.18. The summed E-state index contributed by atoms with van der Waals surface area (Å²) in [5.74, 6) is 0.282. The van der Waals surface area contributed by atoms with E-state index in [9.17, 15) is 10.2 Å². The van der Waals surface area contributed by atoms with Gasteiger partial charge in [-0.3, -0.25) is 0 Å². The maximum atomic E-state index is 9.70. The maximum Gasteiger partial charge on any atom is 0.178 e. The molecule has 0 spiro atoms. The molecule has 0 aliphatic carbocycles. The number of aryl methyl sites for hydroxylation is 1. The summed E-state index contributed by atoms with van der Waals surface area (Å²) in [6.45, 7) is 1.90. The summed E-state index contributed by atoms with van der Waals surface area (Å²) in [6.07, 6.45) is 0.660. The van der Waals surface area contributed by atoms with Gasteiger partial charge in [0.1, 0.15) is 27.2 Å². The van der Waals surface area contributed by atoms with E-state index >= 15 is 0 Å². The van der Waals surface area contributed by atoms with Crippen LogP contribution in [0.1, 0.15) is 12.7 Å². The highest BCUT2D eigenvalue weighted by Crippen LogP contribution is 2.31. The van der Waals surface area contributed by atoms with Crippen molar-refractivity contribution in [2.24, 2.45) is 0 Å². The van der Waals surface area contributed by atoms with Gasteiger partial charge in [0.25, 0.3) is 0 Å². The number of fused-ring (bicyclic) bond motifs is 1. The van der Waals surface area contributed by atoms with Crippen molar-refractivity contribution in [3.8, 4) is 11.5 Å². The Labute approximate surface area is 89.5 Å². The largest absolute Gasteiger partial charge is 0.508 e. The first-order valence-electron chi connectivity index (χ1n) is 4.57. The van der Waals surface area contributed by atoms with Crippen LogP contribution in [0.3, 0.4) is 0 Å². The highest BCUT2D eigenvalue weighted by molar-refractivity contribution is 6.52. The van der Waals surface area contributed by atoms with Crippen molar-refractivity contribution in [1.29, 1.82) is 0 Å². The monoisotopic (exact) mass is 198 g/mol. The van der Waals surface area contributed by atoms with Crippen molar-refractivity contribution in [2.45, 2.75) is 13.3 Å². The second kappa shape index (κ2) is 3.26. The molecular weight excluding hydrogens is 190 g/mol. The molecule has 0 amide bonds. The van der Waals surface area contributed by atoms with Crippen LogP contribution in [0.25, 0.3) is 11.0 Å². The summed E-state index contributed by atoms with van der Waals surface area (Å²) >= 11 is 0. The predicted octanol–water partition coefficient (Wildman–Crippen LogP) is -0.00600. The van der Waals surface area contributed by atoms with Crippen molar-refractivity contribution in [3.63, 3.8) is 0 Å². The Morgan fingerprint density at radius 1 is 1.20 bits per heavy atom. The van der Waals surface area contributed by atoms with E-state index in [1.165, 1.54) is 0 Å². The minimum Gasteiger partial charge on any atom is -0.508 e. The lowest BCUT2D eigenvalue weighted by Gasteiger charge is -2.07. The lowest BCUT2D eigenvalue weighted by molar-refractivity contribution is 0.458. The van der Waals surface area contributed by atoms with Gasteiger partial charge in [0.05, 0.1) is 5.39 Å². The van der Waals surface area contributed by atoms with E-state index in [2.05, 4.69) is 0 Å². The van der Waals surface area contributed by atoms with Crippen LogP contribution in [0, 0.1) is 0 Å². The Morgan fingerprint density at radius 3 is 2.40 bits per heavy atom. The molecule has 15 heavy (non-hydrogen) atoms. The van der Waals surface area contributed by atoms with Gasteiger partial charge in [-0.2, -0.15) is 0 Å². The zero-order chi connectivity index (χ0) is 11.2. The first-order valence-corrected chi connectivity index (χ1v) is 4.57. The Balaban J connectivity index is 2.90. The van der Waals surface area contributed by atoms with Gasteiger partial charge in [-0.25, -0.2) is 0 Å². The van der Waals surface area contributed by atoms with Gasteiger partial charge in [-0.15, -0.1) is 0 Å². The number of furan rings is 1. The number of phenols is 2. The molecule has 0 unspecified atom stereocenters. The summed E-state index contributed by atoms with van der Waals surface area (Å²) in [7, 11) is 11.0. The van der Waals surface area contributed by atoms with Gasteiger partial charge in [0.2, 0.25) is 0 Å². The predicted molar refractivity (Wildman–Crippen MR) is 59.7 cm³/mol. The molecule has 0 saturated heterocycles. The van der Waals surface area contributed by atoms with Crippen LogP contribution in [0.4, 0.5) is 0 Å². The molecule has 3 nitrogen and oxygen atoms in total. The quantitative estimate of drug-likeness (QED) is 0.500. The number of hydrogen-bond acceptors (Lipinski definition) is 3. The van der Waals surface area contributed by atoms with Crippen LogP contribution in [0.15, 0.2) is 10.5 Å². The van der Waals surface area contributed by atoms with Crippen LogP contribution in [-0.2, 0) is 6.42 Å². The lowest BCUT2D eigenvalue weighted by Crippen LogP contribution is -2.26. The zero-order valence-corrected chi connectivity index (χ0v) is 8.24. The first kappa shape index (κ1) is 10.0. The third-order valence-electron chi connectivity index (χ3n) is 2.40. The van der Waals surface area contributed by atoms with Crippen molar-refractivity contribution in [1.82, 2.24) is 0 Å². The highest BCUT2D eigenvalue weighted by atomic mass is 16.4. The van der Waals surface area contributed by atoms with Crippen LogP contribution in [0.2, 0.25) is 0 Å². The van der Waals surface area contributed by atoms with Crippen LogP contribution in [-0.4, -0.2) is 25.9 Å². The van der Waals surface area contributed by atoms with Crippen molar-refractivity contribution in [2.75, 3.05) is 0 Å². The van der Waals surface area contributed by atoms with Gasteiger partial charge in [-0.1, -0.05) is 17.8 Å². The first-order chi connectivity index (χ1) is 7.06. The van der Waals surface area contributed by atoms with Crippen LogP contribution < -0.4 is 10.9 Å². The number of rotatable bonds is 1. The van der Waals surface area contributed by atoms with E-state index in [0.717, 1.165) is 0 Å². The van der Waals surface area contributed by atoms with E-state index in [0.29, 0.717) is 17.6 Å². The molecule has 5 heteroatoms. The SMILES string of the molecule is [B]c1c([B])c(O)c2oc(CC)cc2c1O. The van der Waals surface area contributed by atoms with Gasteiger partial charge in [0, 0.05) is 6.42 Å². The van der Waals surface area contributed by atoms with Gasteiger partial charge < -0.3 is 14.6 Å². The summed E-state index contributed by atoms with van der Waals surface area (Å²) in [5.41, 5.74) is 0.0940. The topological polar surface area (TPSA) is 53.6 Å². The molecule has 4 radical (unpaired) electrons. The average Bonchev–Trinajstić information content (AvgIpc) is 2.67. The lowest BCUT2D eigenvalue weighted by atomic mass is 9.78. The second-order valence-electron chi connectivity index (χ2n) is 3.33. The van der Waals surface area contributed by atoms with E-state index < -0.39 is 0 Å². The number of phenolic OH excluding ortho intramolecular Hbond substituents is 2. The molecular formula is C10H8B2O3. The molecule has 1 heterocycles. The number of aromatic hydroxyl groups is 2. The molecule has 72 valence electrons. The average molecular weight is 198 g/mol. The number of hydrogen-bond donors (Lipinski definition) is 2. The molecule has 0 aliphatic heterocycles. The van der Waals surface area contributed by atoms with Crippen molar-refractivity contribution >= 4 is 37.6 Å². The van der Waals surface area contributed by atoms with E-state index in [1.54, 1.807) is 6.07 Å². The summed E-state index contributed by atoms with van der Waals surface area (Å²) in [6, 6.07) is 1.64. The zero-order valence-electron chi connectivity index (χ0n) is 8.24. The molecule has 1 aromatic carbocycles.